The minimum atomic E-state index is -0.996. The minimum Gasteiger partial charge on any atom is -0.496 e. The molecule has 2 aliphatic rings. The van der Waals surface area contributed by atoms with Crippen molar-refractivity contribution in [3.8, 4) is 17.2 Å². The predicted octanol–water partition coefficient (Wildman–Crippen LogP) is 3.10. The summed E-state index contributed by atoms with van der Waals surface area (Å²) in [5.74, 6) is 0.845. The van der Waals surface area contributed by atoms with Crippen LogP contribution in [-0.4, -0.2) is 36.8 Å². The highest BCUT2D eigenvalue weighted by atomic mass is 35.5. The molecule has 1 aliphatic heterocycles. The third-order valence-electron chi connectivity index (χ3n) is 5.16. The number of halogens is 1. The Kier molecular flexibility index (Phi) is 3.97. The van der Waals surface area contributed by atoms with Crippen molar-refractivity contribution in [3.63, 3.8) is 0 Å². The minimum absolute atomic E-state index is 0.0314. The molecule has 0 bridgehead atoms. The summed E-state index contributed by atoms with van der Waals surface area (Å²) in [7, 11) is 3.00. The van der Waals surface area contributed by atoms with Crippen molar-refractivity contribution in [1.82, 2.24) is 0 Å². The van der Waals surface area contributed by atoms with Gasteiger partial charge in [-0.1, -0.05) is 25.4 Å². The van der Waals surface area contributed by atoms with Crippen molar-refractivity contribution in [2.24, 2.45) is 11.8 Å². The van der Waals surface area contributed by atoms with Crippen LogP contribution in [0.4, 0.5) is 0 Å². The topological polar surface area (TPSA) is 65.0 Å². The van der Waals surface area contributed by atoms with Crippen molar-refractivity contribution in [2.75, 3.05) is 14.2 Å². The van der Waals surface area contributed by atoms with Crippen LogP contribution in [0.2, 0.25) is 5.02 Å². The summed E-state index contributed by atoms with van der Waals surface area (Å²) in [5, 5.41) is 10.4. The number of fused-ring (bicyclic) bond motifs is 1. The Hall–Kier alpha value is -1.46. The molecule has 6 heteroatoms. The van der Waals surface area contributed by atoms with E-state index in [1.807, 2.05) is 13.8 Å². The smallest absolute Gasteiger partial charge is 0.214 e. The van der Waals surface area contributed by atoms with Gasteiger partial charge in [0.05, 0.1) is 20.3 Å². The molecule has 1 fully saturated rings. The van der Waals surface area contributed by atoms with Crippen LogP contribution >= 0.6 is 11.6 Å². The molecule has 5 nitrogen and oxygen atoms in total. The molecule has 126 valence electrons. The molecule has 1 saturated carbocycles. The summed E-state index contributed by atoms with van der Waals surface area (Å²) in [6.07, 6.45) is 0.533. The Morgan fingerprint density at radius 3 is 2.57 bits per heavy atom. The molecule has 1 aromatic rings. The highest BCUT2D eigenvalue weighted by Crippen LogP contribution is 2.54. The van der Waals surface area contributed by atoms with Gasteiger partial charge in [-0.25, -0.2) is 0 Å². The lowest BCUT2D eigenvalue weighted by molar-refractivity contribution is -0.0517. The molecule has 1 spiro atoms. The van der Waals surface area contributed by atoms with E-state index in [9.17, 15) is 9.90 Å². The number of benzene rings is 1. The lowest BCUT2D eigenvalue weighted by atomic mass is 9.68. The number of carbonyl (C=O) groups excluding carboxylic acids is 1. The number of ketones is 1. The summed E-state index contributed by atoms with van der Waals surface area (Å²) >= 11 is 6.36. The number of carbonyl (C=O) groups is 1. The van der Waals surface area contributed by atoms with E-state index < -0.39 is 11.7 Å². The summed E-state index contributed by atoms with van der Waals surface area (Å²) in [5.41, 5.74) is -0.627. The Labute approximate surface area is 140 Å². The fourth-order valence-corrected chi connectivity index (χ4v) is 3.97. The van der Waals surface area contributed by atoms with Crippen molar-refractivity contribution in [2.45, 2.75) is 38.4 Å². The van der Waals surface area contributed by atoms with Gasteiger partial charge in [0, 0.05) is 12.0 Å². The number of aliphatic hydroxyl groups is 1. The van der Waals surface area contributed by atoms with E-state index >= 15 is 0 Å². The van der Waals surface area contributed by atoms with Gasteiger partial charge in [-0.3, -0.25) is 4.79 Å². The van der Waals surface area contributed by atoms with Gasteiger partial charge in [-0.15, -0.1) is 0 Å². The molecule has 1 heterocycles. The normalized spacial score (nSPS) is 32.6. The Balaban J connectivity index is 2.13. The lowest BCUT2D eigenvalue weighted by Crippen LogP contribution is -2.53. The van der Waals surface area contributed by atoms with Crippen LogP contribution in [0.5, 0.6) is 17.2 Å². The van der Waals surface area contributed by atoms with Gasteiger partial charge in [0.1, 0.15) is 22.1 Å². The fraction of sp³-hybridized carbons (Fsp3) is 0.588. The van der Waals surface area contributed by atoms with Gasteiger partial charge in [0.25, 0.3) is 0 Å². The first-order chi connectivity index (χ1) is 10.9. The second kappa shape index (κ2) is 5.56. The molecule has 23 heavy (non-hydrogen) atoms. The van der Waals surface area contributed by atoms with Crippen molar-refractivity contribution in [3.05, 3.63) is 16.7 Å². The van der Waals surface area contributed by atoms with Gasteiger partial charge < -0.3 is 19.3 Å². The van der Waals surface area contributed by atoms with Crippen LogP contribution in [0.1, 0.15) is 37.0 Å². The maximum Gasteiger partial charge on any atom is 0.214 e. The van der Waals surface area contributed by atoms with Gasteiger partial charge >= 0.3 is 0 Å². The van der Waals surface area contributed by atoms with E-state index in [1.54, 1.807) is 6.07 Å². The molecule has 1 N–H and O–H groups in total. The number of ether oxygens (including phenoxy) is 3. The average Bonchev–Trinajstić information content (AvgIpc) is 2.81. The molecule has 1 aromatic carbocycles. The molecule has 3 rings (SSSR count). The molecular weight excluding hydrogens is 320 g/mol. The highest BCUT2D eigenvalue weighted by Gasteiger charge is 2.57. The van der Waals surface area contributed by atoms with E-state index in [4.69, 9.17) is 25.8 Å². The van der Waals surface area contributed by atoms with Crippen LogP contribution < -0.4 is 14.2 Å². The zero-order valence-electron chi connectivity index (χ0n) is 13.7. The molecule has 0 aromatic heterocycles. The SMILES string of the molecule is COc1cc(OC)c2c(c1Cl)O[C@@]1(CC(C)[C@H](O)CC1C)C2=O. The van der Waals surface area contributed by atoms with Crippen molar-refractivity contribution >= 4 is 17.4 Å². The van der Waals surface area contributed by atoms with E-state index in [0.717, 1.165) is 0 Å². The van der Waals surface area contributed by atoms with Crippen molar-refractivity contribution < 1.29 is 24.1 Å². The highest BCUT2D eigenvalue weighted by molar-refractivity contribution is 6.35. The maximum absolute atomic E-state index is 13.2. The van der Waals surface area contributed by atoms with Gasteiger partial charge in [0.2, 0.25) is 5.78 Å². The first-order valence-corrected chi connectivity index (χ1v) is 8.09. The fourth-order valence-electron chi connectivity index (χ4n) is 3.71. The van der Waals surface area contributed by atoms with Gasteiger partial charge in [0.15, 0.2) is 11.4 Å². The maximum atomic E-state index is 13.2. The third kappa shape index (κ3) is 2.21. The molecule has 2 unspecified atom stereocenters. The zero-order chi connectivity index (χ0) is 16.9. The summed E-state index contributed by atoms with van der Waals surface area (Å²) in [4.78, 5) is 13.2. The molecular formula is C17H21ClO5. The number of aliphatic hydroxyl groups excluding tert-OH is 1. The van der Waals surface area contributed by atoms with E-state index in [0.29, 0.717) is 35.7 Å². The van der Waals surface area contributed by atoms with E-state index in [2.05, 4.69) is 0 Å². The second-order valence-electron chi connectivity index (χ2n) is 6.51. The number of hydrogen-bond acceptors (Lipinski definition) is 5. The largest absolute Gasteiger partial charge is 0.496 e. The van der Waals surface area contributed by atoms with Crippen LogP contribution in [-0.2, 0) is 0 Å². The first-order valence-electron chi connectivity index (χ1n) is 7.72. The number of methoxy groups -OCH3 is 2. The summed E-state index contributed by atoms with van der Waals surface area (Å²) in [6, 6.07) is 1.60. The zero-order valence-corrected chi connectivity index (χ0v) is 14.4. The van der Waals surface area contributed by atoms with Gasteiger partial charge in [-0.2, -0.15) is 0 Å². The first kappa shape index (κ1) is 16.4. The summed E-state index contributed by atoms with van der Waals surface area (Å²) in [6.45, 7) is 3.85. The van der Waals surface area contributed by atoms with Crippen LogP contribution in [0.25, 0.3) is 0 Å². The average molecular weight is 341 g/mol. The van der Waals surface area contributed by atoms with Crippen LogP contribution in [0.3, 0.4) is 0 Å². The number of rotatable bonds is 2. The number of hydrogen-bond donors (Lipinski definition) is 1. The molecule has 0 radical (unpaired) electrons. The summed E-state index contributed by atoms with van der Waals surface area (Å²) < 4.78 is 16.7. The quantitative estimate of drug-likeness (QED) is 0.896. The van der Waals surface area contributed by atoms with Crippen LogP contribution in [0, 0.1) is 11.8 Å². The molecule has 1 aliphatic carbocycles. The second-order valence-corrected chi connectivity index (χ2v) is 6.88. The van der Waals surface area contributed by atoms with E-state index in [1.165, 1.54) is 14.2 Å². The monoisotopic (exact) mass is 340 g/mol. The van der Waals surface area contributed by atoms with Crippen LogP contribution in [0.15, 0.2) is 6.07 Å². The predicted molar refractivity (Wildman–Crippen MR) is 85.8 cm³/mol. The Morgan fingerprint density at radius 2 is 1.96 bits per heavy atom. The lowest BCUT2D eigenvalue weighted by Gasteiger charge is -2.42. The Bertz CT molecular complexity index is 659. The molecule has 4 atom stereocenters. The third-order valence-corrected chi connectivity index (χ3v) is 5.52. The Morgan fingerprint density at radius 1 is 1.30 bits per heavy atom. The number of Topliss-reactive ketones (excluding diaryl/α,β-unsaturated/α-hetero) is 1. The van der Waals surface area contributed by atoms with E-state index in [-0.39, 0.29) is 22.6 Å². The molecule has 0 amide bonds. The van der Waals surface area contributed by atoms with Crippen molar-refractivity contribution in [1.29, 1.82) is 0 Å². The van der Waals surface area contributed by atoms with Gasteiger partial charge in [-0.05, 0) is 18.8 Å². The standard InChI is InChI=1S/C17H21ClO5/c1-8-7-17(9(2)5-10(8)19)16(20)13-11(21-3)6-12(22-4)14(18)15(13)23-17/h6,8-10,19H,5,7H2,1-4H3/t8?,9?,10-,17-/m1/s1. The molecule has 0 saturated heterocycles.